The van der Waals surface area contributed by atoms with Gasteiger partial charge in [-0.1, -0.05) is 20.8 Å². The monoisotopic (exact) mass is 290 g/mol. The first-order valence-electron chi connectivity index (χ1n) is 5.96. The molecule has 20 heavy (non-hydrogen) atoms. The second kappa shape index (κ2) is 8.13. The summed E-state index contributed by atoms with van der Waals surface area (Å²) in [5.74, 6) is -5.30. The van der Waals surface area contributed by atoms with E-state index in [0.717, 1.165) is 0 Å². The molecule has 8 nitrogen and oxygen atoms in total. The van der Waals surface area contributed by atoms with E-state index in [1.807, 2.05) is 0 Å². The number of carboxylic acid groups (broad SMARTS) is 2. The summed E-state index contributed by atoms with van der Waals surface area (Å²) in [6.07, 6.45) is -3.04. The highest BCUT2D eigenvalue weighted by Gasteiger charge is 2.29. The van der Waals surface area contributed by atoms with Crippen molar-refractivity contribution >= 4 is 23.9 Å². The summed E-state index contributed by atoms with van der Waals surface area (Å²) in [6, 6.07) is 0. The van der Waals surface area contributed by atoms with Gasteiger partial charge in [0.15, 0.2) is 0 Å². The fourth-order valence-electron chi connectivity index (χ4n) is 1.14. The third-order valence-corrected chi connectivity index (χ3v) is 2.57. The third kappa shape index (κ3) is 7.34. The lowest BCUT2D eigenvalue weighted by Crippen LogP contribution is -2.34. The van der Waals surface area contributed by atoms with Crippen LogP contribution in [-0.2, 0) is 28.7 Å². The van der Waals surface area contributed by atoms with Gasteiger partial charge in [0, 0.05) is 5.92 Å². The standard InChI is InChI=1S/C12H18O8/c1-6(2)7(3)12(19-10(17)4-8(13)14)20-11(18)5-9(15)16/h6-7,12H,4-5H2,1-3H3,(H,13,14)(H,15,16). The van der Waals surface area contributed by atoms with E-state index in [1.54, 1.807) is 20.8 Å². The lowest BCUT2D eigenvalue weighted by molar-refractivity contribution is -0.200. The number of carboxylic acids is 2. The Kier molecular flexibility index (Phi) is 7.27. The maximum Gasteiger partial charge on any atom is 0.320 e. The van der Waals surface area contributed by atoms with Crippen molar-refractivity contribution in [2.75, 3.05) is 0 Å². The van der Waals surface area contributed by atoms with Crippen LogP contribution in [0.2, 0.25) is 0 Å². The zero-order chi connectivity index (χ0) is 15.9. The molecule has 0 rings (SSSR count). The van der Waals surface area contributed by atoms with Crippen LogP contribution >= 0.6 is 0 Å². The summed E-state index contributed by atoms with van der Waals surface area (Å²) < 4.78 is 9.56. The number of hydrogen-bond donors (Lipinski definition) is 2. The number of hydrogen-bond acceptors (Lipinski definition) is 6. The summed E-state index contributed by atoms with van der Waals surface area (Å²) in [5.41, 5.74) is 0. The van der Waals surface area contributed by atoms with Crippen LogP contribution in [0.1, 0.15) is 33.6 Å². The van der Waals surface area contributed by atoms with Crippen LogP contribution in [0.15, 0.2) is 0 Å². The summed E-state index contributed by atoms with van der Waals surface area (Å²) in [6.45, 7) is 5.21. The van der Waals surface area contributed by atoms with Crippen molar-refractivity contribution in [1.29, 1.82) is 0 Å². The minimum absolute atomic E-state index is 0.0322. The average molecular weight is 290 g/mol. The van der Waals surface area contributed by atoms with Crippen LogP contribution in [0.4, 0.5) is 0 Å². The van der Waals surface area contributed by atoms with E-state index < -0.39 is 48.9 Å². The van der Waals surface area contributed by atoms with E-state index in [9.17, 15) is 19.2 Å². The number of rotatable bonds is 8. The maximum atomic E-state index is 11.3. The van der Waals surface area contributed by atoms with Crippen molar-refractivity contribution in [3.8, 4) is 0 Å². The van der Waals surface area contributed by atoms with Gasteiger partial charge in [0.25, 0.3) is 0 Å². The molecule has 1 unspecified atom stereocenters. The molecule has 0 heterocycles. The second-order valence-electron chi connectivity index (χ2n) is 4.59. The lowest BCUT2D eigenvalue weighted by Gasteiger charge is -2.26. The van der Waals surface area contributed by atoms with Crippen molar-refractivity contribution in [2.45, 2.75) is 39.9 Å². The van der Waals surface area contributed by atoms with E-state index in [4.69, 9.17) is 19.7 Å². The highest BCUT2D eigenvalue weighted by molar-refractivity contribution is 5.91. The SMILES string of the molecule is CC(C)C(C)C(OC(=O)CC(=O)O)OC(=O)CC(=O)O. The number of carbonyl (C=O) groups is 4. The summed E-state index contributed by atoms with van der Waals surface area (Å²) in [7, 11) is 0. The van der Waals surface area contributed by atoms with Gasteiger partial charge in [-0.15, -0.1) is 0 Å². The zero-order valence-electron chi connectivity index (χ0n) is 11.5. The molecule has 0 aromatic carbocycles. The van der Waals surface area contributed by atoms with Crippen molar-refractivity contribution in [2.24, 2.45) is 11.8 Å². The van der Waals surface area contributed by atoms with Gasteiger partial charge in [-0.25, -0.2) is 0 Å². The van der Waals surface area contributed by atoms with Gasteiger partial charge in [0.2, 0.25) is 6.29 Å². The topological polar surface area (TPSA) is 127 Å². The quantitative estimate of drug-likeness (QED) is 0.378. The van der Waals surface area contributed by atoms with Gasteiger partial charge in [0.1, 0.15) is 12.8 Å². The smallest absolute Gasteiger partial charge is 0.320 e. The molecule has 0 saturated heterocycles. The Morgan fingerprint density at radius 3 is 1.45 bits per heavy atom. The van der Waals surface area contributed by atoms with E-state index in [2.05, 4.69) is 0 Å². The fraction of sp³-hybridized carbons (Fsp3) is 0.667. The Morgan fingerprint density at radius 1 is 0.850 bits per heavy atom. The number of esters is 2. The second-order valence-corrected chi connectivity index (χ2v) is 4.59. The van der Waals surface area contributed by atoms with Crippen LogP contribution in [0.25, 0.3) is 0 Å². The molecule has 0 aliphatic rings. The van der Waals surface area contributed by atoms with E-state index in [-0.39, 0.29) is 5.92 Å². The molecule has 1 atom stereocenters. The summed E-state index contributed by atoms with van der Waals surface area (Å²) >= 11 is 0. The molecule has 0 saturated carbocycles. The summed E-state index contributed by atoms with van der Waals surface area (Å²) in [5, 5.41) is 16.9. The highest BCUT2D eigenvalue weighted by atomic mass is 16.7. The first-order chi connectivity index (χ1) is 9.13. The van der Waals surface area contributed by atoms with Crippen LogP contribution in [0.5, 0.6) is 0 Å². The average Bonchev–Trinajstić information content (AvgIpc) is 2.24. The van der Waals surface area contributed by atoms with Gasteiger partial charge in [-0.3, -0.25) is 19.2 Å². The van der Waals surface area contributed by atoms with Crippen molar-refractivity contribution in [3.63, 3.8) is 0 Å². The van der Waals surface area contributed by atoms with Crippen LogP contribution in [0.3, 0.4) is 0 Å². The molecule has 114 valence electrons. The molecule has 2 N–H and O–H groups in total. The first kappa shape index (κ1) is 17.9. The molecule has 0 bridgehead atoms. The Hall–Kier alpha value is -2.12. The summed E-state index contributed by atoms with van der Waals surface area (Å²) in [4.78, 5) is 43.3. The van der Waals surface area contributed by atoms with E-state index >= 15 is 0 Å². The predicted octanol–water partition coefficient (Wildman–Crippen LogP) is 0.640. The zero-order valence-corrected chi connectivity index (χ0v) is 11.5. The Balaban J connectivity index is 4.73. The molecule has 8 heteroatoms. The molecule has 0 aromatic heterocycles. The van der Waals surface area contributed by atoms with Gasteiger partial charge in [0.05, 0.1) is 0 Å². The molecule has 0 fully saturated rings. The minimum Gasteiger partial charge on any atom is -0.481 e. The van der Waals surface area contributed by atoms with Crippen molar-refractivity contribution in [3.05, 3.63) is 0 Å². The Morgan fingerprint density at radius 2 is 1.20 bits per heavy atom. The molecule has 0 aliphatic heterocycles. The van der Waals surface area contributed by atoms with Crippen molar-refractivity contribution < 1.29 is 38.9 Å². The fourth-order valence-corrected chi connectivity index (χ4v) is 1.14. The number of ether oxygens (including phenoxy) is 2. The normalized spacial score (nSPS) is 12.1. The van der Waals surface area contributed by atoms with Gasteiger partial charge >= 0.3 is 23.9 Å². The molecule has 0 aromatic rings. The Labute approximate surface area is 115 Å². The lowest BCUT2D eigenvalue weighted by atomic mass is 9.97. The van der Waals surface area contributed by atoms with Crippen LogP contribution in [0, 0.1) is 11.8 Å². The predicted molar refractivity (Wildman–Crippen MR) is 64.5 cm³/mol. The van der Waals surface area contributed by atoms with E-state index in [0.29, 0.717) is 0 Å². The Bertz CT molecular complexity index is 357. The van der Waals surface area contributed by atoms with Crippen LogP contribution < -0.4 is 0 Å². The van der Waals surface area contributed by atoms with Gasteiger partial charge < -0.3 is 19.7 Å². The van der Waals surface area contributed by atoms with Gasteiger partial charge in [-0.05, 0) is 5.92 Å². The van der Waals surface area contributed by atoms with Gasteiger partial charge in [-0.2, -0.15) is 0 Å². The highest BCUT2D eigenvalue weighted by Crippen LogP contribution is 2.19. The largest absolute Gasteiger partial charge is 0.481 e. The molecule has 0 aliphatic carbocycles. The first-order valence-corrected chi connectivity index (χ1v) is 5.96. The molecular formula is C12H18O8. The number of carbonyl (C=O) groups excluding carboxylic acids is 2. The third-order valence-electron chi connectivity index (χ3n) is 2.57. The molecule has 0 amide bonds. The molecular weight excluding hydrogens is 272 g/mol. The van der Waals surface area contributed by atoms with E-state index in [1.165, 1.54) is 0 Å². The number of aliphatic carboxylic acids is 2. The van der Waals surface area contributed by atoms with Crippen molar-refractivity contribution in [1.82, 2.24) is 0 Å². The maximum absolute atomic E-state index is 11.3. The van der Waals surface area contributed by atoms with Crippen LogP contribution in [-0.4, -0.2) is 40.4 Å². The minimum atomic E-state index is -1.37. The molecule has 0 radical (unpaired) electrons. The molecule has 0 spiro atoms.